The average Bonchev–Trinajstić information content (AvgIpc) is 2.37. The highest BCUT2D eigenvalue weighted by Gasteiger charge is 2.29. The molecule has 2 N–H and O–H groups in total. The molecule has 8 heteroatoms. The van der Waals surface area contributed by atoms with Gasteiger partial charge < -0.3 is 4.90 Å². The Bertz CT molecular complexity index is 668. The van der Waals surface area contributed by atoms with Crippen LogP contribution in [0.1, 0.15) is 30.1 Å². The van der Waals surface area contributed by atoms with E-state index in [-0.39, 0.29) is 0 Å². The molecule has 0 aliphatic carbocycles. The van der Waals surface area contributed by atoms with E-state index in [1.165, 1.54) is 4.90 Å². The zero-order valence-corrected chi connectivity index (χ0v) is 12.3. The molecule has 1 aliphatic rings. The van der Waals surface area contributed by atoms with E-state index < -0.39 is 38.0 Å². The van der Waals surface area contributed by atoms with Gasteiger partial charge in [-0.1, -0.05) is 6.92 Å². The van der Waals surface area contributed by atoms with Crippen LogP contribution in [-0.4, -0.2) is 32.3 Å². The second-order valence-electron chi connectivity index (χ2n) is 5.25. The number of rotatable bonds is 2. The molecule has 5 nitrogen and oxygen atoms in total. The molecule has 0 aromatic heterocycles. The molecule has 0 bridgehead atoms. The maximum absolute atomic E-state index is 14.2. The molecule has 1 saturated heterocycles. The van der Waals surface area contributed by atoms with Gasteiger partial charge in [0, 0.05) is 13.1 Å². The molecule has 2 rings (SSSR count). The molecule has 0 radical (unpaired) electrons. The van der Waals surface area contributed by atoms with E-state index in [1.807, 2.05) is 6.92 Å². The SMILES string of the molecule is CC1CCN(C(=O)c2c(F)ccc(S(N)(=O)=O)c2F)CC1. The van der Waals surface area contributed by atoms with Gasteiger partial charge in [-0.05, 0) is 30.9 Å². The van der Waals surface area contributed by atoms with Gasteiger partial charge in [-0.15, -0.1) is 0 Å². The first-order chi connectivity index (χ1) is 9.71. The molecular weight excluding hydrogens is 302 g/mol. The summed E-state index contributed by atoms with van der Waals surface area (Å²) in [5, 5.41) is 4.86. The van der Waals surface area contributed by atoms with Crippen LogP contribution >= 0.6 is 0 Å². The molecule has 116 valence electrons. The highest BCUT2D eigenvalue weighted by Crippen LogP contribution is 2.24. The molecule has 1 aliphatic heterocycles. The van der Waals surface area contributed by atoms with Crippen molar-refractivity contribution in [3.8, 4) is 0 Å². The molecule has 0 saturated carbocycles. The Morgan fingerprint density at radius 3 is 2.38 bits per heavy atom. The summed E-state index contributed by atoms with van der Waals surface area (Å²) in [7, 11) is -4.36. The molecule has 1 aromatic rings. The van der Waals surface area contributed by atoms with Gasteiger partial charge in [0.05, 0.1) is 0 Å². The van der Waals surface area contributed by atoms with Crippen LogP contribution in [0.3, 0.4) is 0 Å². The predicted molar refractivity (Wildman–Crippen MR) is 72.0 cm³/mol. The fraction of sp³-hybridized carbons (Fsp3) is 0.462. The monoisotopic (exact) mass is 318 g/mol. The molecule has 0 atom stereocenters. The summed E-state index contributed by atoms with van der Waals surface area (Å²) < 4.78 is 50.4. The van der Waals surface area contributed by atoms with E-state index in [0.717, 1.165) is 25.0 Å². The highest BCUT2D eigenvalue weighted by atomic mass is 32.2. The van der Waals surface area contributed by atoms with E-state index in [1.54, 1.807) is 0 Å². The molecule has 0 spiro atoms. The van der Waals surface area contributed by atoms with Crippen molar-refractivity contribution < 1.29 is 22.0 Å². The van der Waals surface area contributed by atoms with Crippen molar-refractivity contribution in [1.29, 1.82) is 0 Å². The van der Waals surface area contributed by atoms with E-state index in [0.29, 0.717) is 19.0 Å². The van der Waals surface area contributed by atoms with Crippen LogP contribution in [0, 0.1) is 17.6 Å². The van der Waals surface area contributed by atoms with E-state index in [9.17, 15) is 22.0 Å². The van der Waals surface area contributed by atoms with Gasteiger partial charge in [0.2, 0.25) is 10.0 Å². The van der Waals surface area contributed by atoms with Crippen LogP contribution in [0.25, 0.3) is 0 Å². The number of hydrogen-bond acceptors (Lipinski definition) is 3. The first-order valence-corrected chi connectivity index (χ1v) is 8.06. The van der Waals surface area contributed by atoms with Crippen molar-refractivity contribution in [3.05, 3.63) is 29.3 Å². The smallest absolute Gasteiger partial charge is 0.259 e. The minimum absolute atomic E-state index is 0.387. The van der Waals surface area contributed by atoms with E-state index in [4.69, 9.17) is 5.14 Å². The Morgan fingerprint density at radius 1 is 1.29 bits per heavy atom. The maximum Gasteiger partial charge on any atom is 0.259 e. The number of amides is 1. The number of carbonyl (C=O) groups excluding carboxylic acids is 1. The maximum atomic E-state index is 14.2. The third-order valence-electron chi connectivity index (χ3n) is 3.65. The average molecular weight is 318 g/mol. The van der Waals surface area contributed by atoms with Gasteiger partial charge in [-0.25, -0.2) is 22.3 Å². The third-order valence-corrected chi connectivity index (χ3v) is 4.58. The molecule has 0 unspecified atom stereocenters. The first-order valence-electron chi connectivity index (χ1n) is 6.52. The van der Waals surface area contributed by atoms with Crippen LogP contribution in [0.4, 0.5) is 8.78 Å². The fourth-order valence-electron chi connectivity index (χ4n) is 2.32. The van der Waals surface area contributed by atoms with E-state index >= 15 is 0 Å². The predicted octanol–water partition coefficient (Wildman–Crippen LogP) is 1.48. The van der Waals surface area contributed by atoms with Crippen molar-refractivity contribution in [2.24, 2.45) is 11.1 Å². The van der Waals surface area contributed by atoms with Crippen LogP contribution in [0.2, 0.25) is 0 Å². The molecule has 1 aromatic carbocycles. The van der Waals surface area contributed by atoms with Crippen molar-refractivity contribution in [2.45, 2.75) is 24.7 Å². The Kier molecular flexibility index (Phi) is 4.29. The zero-order chi connectivity index (χ0) is 15.8. The molecule has 1 heterocycles. The van der Waals surface area contributed by atoms with Crippen molar-refractivity contribution >= 4 is 15.9 Å². The number of halogens is 2. The van der Waals surface area contributed by atoms with Crippen LogP contribution in [-0.2, 0) is 10.0 Å². The largest absolute Gasteiger partial charge is 0.338 e. The van der Waals surface area contributed by atoms with Crippen LogP contribution in [0.5, 0.6) is 0 Å². The number of sulfonamides is 1. The molecule has 1 amide bonds. The summed E-state index contributed by atoms with van der Waals surface area (Å²) in [6, 6.07) is 1.46. The summed E-state index contributed by atoms with van der Waals surface area (Å²) in [6.45, 7) is 2.81. The number of likely N-dealkylation sites (tertiary alicyclic amines) is 1. The summed E-state index contributed by atoms with van der Waals surface area (Å²) in [4.78, 5) is 12.7. The van der Waals surface area contributed by atoms with Crippen molar-refractivity contribution in [3.63, 3.8) is 0 Å². The molecule has 1 fully saturated rings. The van der Waals surface area contributed by atoms with Gasteiger partial charge in [0.1, 0.15) is 16.3 Å². The summed E-state index contributed by atoms with van der Waals surface area (Å²) in [5.74, 6) is -2.92. The van der Waals surface area contributed by atoms with Crippen molar-refractivity contribution in [2.75, 3.05) is 13.1 Å². The molecular formula is C13H16F2N2O3S. The Balaban J connectivity index is 2.41. The van der Waals surface area contributed by atoms with Gasteiger partial charge in [0.15, 0.2) is 5.82 Å². The highest BCUT2D eigenvalue weighted by molar-refractivity contribution is 7.89. The van der Waals surface area contributed by atoms with E-state index in [2.05, 4.69) is 0 Å². The second-order valence-corrected chi connectivity index (χ2v) is 6.78. The first kappa shape index (κ1) is 15.8. The van der Waals surface area contributed by atoms with Gasteiger partial charge in [-0.2, -0.15) is 0 Å². The van der Waals surface area contributed by atoms with Gasteiger partial charge in [0.25, 0.3) is 5.91 Å². The van der Waals surface area contributed by atoms with Crippen LogP contribution in [0.15, 0.2) is 17.0 Å². The third kappa shape index (κ3) is 3.21. The minimum atomic E-state index is -4.36. The number of nitrogens with zero attached hydrogens (tertiary/aromatic N) is 1. The van der Waals surface area contributed by atoms with Crippen molar-refractivity contribution in [1.82, 2.24) is 4.90 Å². The second kappa shape index (κ2) is 5.69. The summed E-state index contributed by atoms with van der Waals surface area (Å²) in [5.41, 5.74) is -0.865. The lowest BCUT2D eigenvalue weighted by molar-refractivity contribution is 0.0686. The van der Waals surface area contributed by atoms with Crippen LogP contribution < -0.4 is 5.14 Å². The minimum Gasteiger partial charge on any atom is -0.338 e. The lowest BCUT2D eigenvalue weighted by Crippen LogP contribution is -2.39. The number of hydrogen-bond donors (Lipinski definition) is 1. The number of piperidine rings is 1. The van der Waals surface area contributed by atoms with Gasteiger partial charge in [-0.3, -0.25) is 4.79 Å². The summed E-state index contributed by atoms with van der Waals surface area (Å²) >= 11 is 0. The normalized spacial score (nSPS) is 17.0. The number of nitrogens with two attached hydrogens (primary N) is 1. The lowest BCUT2D eigenvalue weighted by Gasteiger charge is -2.30. The number of carbonyl (C=O) groups is 1. The molecule has 21 heavy (non-hydrogen) atoms. The quantitative estimate of drug-likeness (QED) is 0.897. The topological polar surface area (TPSA) is 80.5 Å². The number of benzene rings is 1. The zero-order valence-electron chi connectivity index (χ0n) is 11.5. The Morgan fingerprint density at radius 2 is 1.86 bits per heavy atom. The standard InChI is InChI=1S/C13H16F2N2O3S/c1-8-4-6-17(7-5-8)13(18)11-9(14)2-3-10(12(11)15)21(16,19)20/h2-3,8H,4-7H2,1H3,(H2,16,19,20). The lowest BCUT2D eigenvalue weighted by atomic mass is 9.98. The van der Waals surface area contributed by atoms with Gasteiger partial charge >= 0.3 is 0 Å². The summed E-state index contributed by atoms with van der Waals surface area (Å²) in [6.07, 6.45) is 1.48. The Hall–Kier alpha value is -1.54. The number of primary sulfonamides is 1. The fourth-order valence-corrected chi connectivity index (χ4v) is 2.93. The Labute approximate surface area is 121 Å².